The van der Waals surface area contributed by atoms with Gasteiger partial charge < -0.3 is 23.1 Å². The Balaban J connectivity index is 0.000000435. The molecule has 0 radical (unpaired) electrons. The number of hydrogen-bond acceptors (Lipinski definition) is 6. The minimum absolute atomic E-state index is 0.0432. The summed E-state index contributed by atoms with van der Waals surface area (Å²) in [5.41, 5.74) is -0.964. The van der Waals surface area contributed by atoms with Crippen molar-refractivity contribution < 1.29 is 36.6 Å². The molecule has 0 atom stereocenters. The van der Waals surface area contributed by atoms with E-state index in [1.54, 1.807) is 26.8 Å². The van der Waals surface area contributed by atoms with E-state index in [1.165, 1.54) is 38.5 Å². The first-order valence-corrected chi connectivity index (χ1v) is 19.5. The molecule has 0 spiro atoms. The molecular weight excluding hydrogens is 563 g/mol. The molecule has 0 saturated carbocycles. The van der Waals surface area contributed by atoms with E-state index in [0.29, 0.717) is 17.2 Å². The van der Waals surface area contributed by atoms with Crippen LogP contribution in [0.25, 0.3) is 0 Å². The zero-order chi connectivity index (χ0) is 32.2. The second kappa shape index (κ2) is 13.1. The first-order chi connectivity index (χ1) is 18.4. The second-order valence-electron chi connectivity index (χ2n) is 14.0. The highest BCUT2D eigenvalue weighted by atomic mass is 28.4. The predicted molar refractivity (Wildman–Crippen MR) is 167 cm³/mol. The lowest BCUT2D eigenvalue weighted by molar-refractivity contribution is 0.00609. The number of rotatable bonds is 7. The number of esters is 1. The van der Waals surface area contributed by atoms with Gasteiger partial charge in [0.25, 0.3) is 16.6 Å². The molecule has 6 nitrogen and oxygen atoms in total. The Bertz CT molecular complexity index is 1190. The zero-order valence-electron chi connectivity index (χ0n) is 27.6. The number of ether oxygens (including phenoxy) is 3. The Hall–Kier alpha value is -2.60. The van der Waals surface area contributed by atoms with Crippen molar-refractivity contribution in [1.82, 2.24) is 0 Å². The molecule has 0 aliphatic rings. The fraction of sp³-hybridized carbons (Fsp3) is 0.581. The number of carbonyl (C=O) groups is 1. The predicted octanol–water partition coefficient (Wildman–Crippen LogP) is 9.39. The molecule has 0 amide bonds. The lowest BCUT2D eigenvalue weighted by atomic mass is 10.1. The van der Waals surface area contributed by atoms with Crippen molar-refractivity contribution in [1.29, 1.82) is 0 Å². The van der Waals surface area contributed by atoms with Crippen LogP contribution in [0.15, 0.2) is 30.3 Å². The summed E-state index contributed by atoms with van der Waals surface area (Å²) in [6.07, 6.45) is 0. The molecule has 0 fully saturated rings. The summed E-state index contributed by atoms with van der Waals surface area (Å²) in [5, 5.41) is 0.0604. The van der Waals surface area contributed by atoms with Crippen LogP contribution in [0.2, 0.25) is 36.3 Å². The molecule has 0 aliphatic heterocycles. The van der Waals surface area contributed by atoms with Crippen molar-refractivity contribution in [2.45, 2.75) is 104 Å². The molecule has 0 aromatic heterocycles. The quantitative estimate of drug-likeness (QED) is 0.229. The average Bonchev–Trinajstić information content (AvgIpc) is 2.78. The van der Waals surface area contributed by atoms with Crippen LogP contribution in [-0.4, -0.2) is 42.4 Å². The normalized spacial score (nSPS) is 12.6. The van der Waals surface area contributed by atoms with Crippen LogP contribution < -0.4 is 18.3 Å². The summed E-state index contributed by atoms with van der Waals surface area (Å²) in [6.45, 7) is 26.4. The van der Waals surface area contributed by atoms with E-state index in [0.717, 1.165) is 0 Å². The van der Waals surface area contributed by atoms with E-state index >= 15 is 0 Å². The topological polar surface area (TPSA) is 63.2 Å². The van der Waals surface area contributed by atoms with Gasteiger partial charge in [-0.15, -0.1) is 0 Å². The lowest BCUT2D eigenvalue weighted by Crippen LogP contribution is -2.44. The van der Waals surface area contributed by atoms with Crippen LogP contribution in [0.3, 0.4) is 0 Å². The van der Waals surface area contributed by atoms with E-state index in [2.05, 4.69) is 67.7 Å². The molecule has 0 unspecified atom stereocenters. The average molecular weight is 613 g/mol. The van der Waals surface area contributed by atoms with E-state index in [9.17, 15) is 13.6 Å². The van der Waals surface area contributed by atoms with Gasteiger partial charge in [-0.05, 0) is 81.3 Å². The Morgan fingerprint density at radius 2 is 1.15 bits per heavy atom. The third kappa shape index (κ3) is 10.0. The van der Waals surface area contributed by atoms with Gasteiger partial charge in [0.1, 0.15) is 34.3 Å². The van der Waals surface area contributed by atoms with Gasteiger partial charge in [-0.3, -0.25) is 0 Å². The smallest absolute Gasteiger partial charge is 0.345 e. The van der Waals surface area contributed by atoms with Crippen molar-refractivity contribution in [3.05, 3.63) is 47.5 Å². The minimum Gasteiger partial charge on any atom is -0.541 e. The highest BCUT2D eigenvalue weighted by molar-refractivity contribution is 6.75. The molecule has 41 heavy (non-hydrogen) atoms. The van der Waals surface area contributed by atoms with Crippen LogP contribution in [0, 0.1) is 11.6 Å². The minimum atomic E-state index is -2.17. The van der Waals surface area contributed by atoms with Gasteiger partial charge in [0, 0.05) is 6.07 Å². The maximum Gasteiger partial charge on any atom is 0.345 e. The van der Waals surface area contributed by atoms with Crippen molar-refractivity contribution in [3.8, 4) is 23.0 Å². The van der Waals surface area contributed by atoms with Crippen LogP contribution in [0.4, 0.5) is 8.78 Å². The van der Waals surface area contributed by atoms with Crippen molar-refractivity contribution in [3.63, 3.8) is 0 Å². The molecule has 0 aliphatic carbocycles. The third-order valence-electron chi connectivity index (χ3n) is 7.35. The number of halogens is 2. The number of benzene rings is 2. The van der Waals surface area contributed by atoms with Gasteiger partial charge in [-0.2, -0.15) is 0 Å². The summed E-state index contributed by atoms with van der Waals surface area (Å²) in [4.78, 5) is 12.4. The van der Waals surface area contributed by atoms with Crippen LogP contribution in [0.5, 0.6) is 23.0 Å². The molecule has 2 aromatic carbocycles. The molecule has 10 heteroatoms. The molecule has 0 saturated heterocycles. The zero-order valence-corrected chi connectivity index (χ0v) is 29.6. The maximum atomic E-state index is 14.3. The molecule has 232 valence electrons. The van der Waals surface area contributed by atoms with Gasteiger partial charge in [0.2, 0.25) is 0 Å². The van der Waals surface area contributed by atoms with Gasteiger partial charge in [0.05, 0.1) is 14.2 Å². The standard InChI is InChI=1S/C18H29FO4Si.C13H21FO2Si/c1-17(2,3)22-16(20)14-12(19)10-11-13(15(14)21-7)23-24(8,9)18(4,5)6;1-13(2,3)17(5,6)16-11-8-7-10(14)9-12(11)15-4/h10-11H,1-9H3;7-9H,1-6H3. The van der Waals surface area contributed by atoms with Crippen LogP contribution in [-0.2, 0) is 4.74 Å². The van der Waals surface area contributed by atoms with E-state index < -0.39 is 34.0 Å². The fourth-order valence-electron chi connectivity index (χ4n) is 2.92. The van der Waals surface area contributed by atoms with Crippen LogP contribution in [0.1, 0.15) is 72.7 Å². The van der Waals surface area contributed by atoms with E-state index in [-0.39, 0.29) is 27.2 Å². The maximum absolute atomic E-state index is 14.3. The van der Waals surface area contributed by atoms with Crippen molar-refractivity contribution in [2.24, 2.45) is 0 Å². The molecular formula is C31H50F2O6Si2. The highest BCUT2D eigenvalue weighted by Gasteiger charge is 2.41. The molecule has 0 N–H and O–H groups in total. The number of methoxy groups -OCH3 is 2. The van der Waals surface area contributed by atoms with Crippen molar-refractivity contribution >= 4 is 22.6 Å². The first kappa shape index (κ1) is 36.4. The van der Waals surface area contributed by atoms with Crippen molar-refractivity contribution in [2.75, 3.05) is 14.2 Å². The number of carbonyl (C=O) groups excluding carboxylic acids is 1. The summed E-state index contributed by atoms with van der Waals surface area (Å²) in [5.74, 6) is -0.249. The summed E-state index contributed by atoms with van der Waals surface area (Å²) >= 11 is 0. The van der Waals surface area contributed by atoms with Crippen LogP contribution >= 0.6 is 0 Å². The molecule has 2 aromatic rings. The van der Waals surface area contributed by atoms with Gasteiger partial charge in [-0.25, -0.2) is 13.6 Å². The Morgan fingerprint density at radius 1 is 0.683 bits per heavy atom. The second-order valence-corrected chi connectivity index (χ2v) is 23.4. The largest absolute Gasteiger partial charge is 0.541 e. The summed E-state index contributed by atoms with van der Waals surface area (Å²) in [6, 6.07) is 7.09. The van der Waals surface area contributed by atoms with Gasteiger partial charge in [-0.1, -0.05) is 41.5 Å². The van der Waals surface area contributed by atoms with Gasteiger partial charge >= 0.3 is 5.97 Å². The number of hydrogen-bond donors (Lipinski definition) is 0. The fourth-order valence-corrected chi connectivity index (χ4v) is 4.96. The lowest BCUT2D eigenvalue weighted by Gasteiger charge is -2.37. The Labute approximate surface area is 247 Å². The van der Waals surface area contributed by atoms with E-state index in [1.807, 2.05) is 0 Å². The first-order valence-electron chi connectivity index (χ1n) is 13.7. The Morgan fingerprint density at radius 3 is 1.56 bits per heavy atom. The highest BCUT2D eigenvalue weighted by Crippen LogP contribution is 2.42. The van der Waals surface area contributed by atoms with Gasteiger partial charge in [0.15, 0.2) is 11.5 Å². The summed E-state index contributed by atoms with van der Waals surface area (Å²) < 4.78 is 55.4. The molecule has 0 heterocycles. The molecule has 0 bridgehead atoms. The van der Waals surface area contributed by atoms with E-state index in [4.69, 9.17) is 23.1 Å². The summed E-state index contributed by atoms with van der Waals surface area (Å²) in [7, 11) is -1.17. The third-order valence-corrected chi connectivity index (χ3v) is 16.0. The SMILES string of the molecule is COc1c(O[Si](C)(C)C(C)(C)C)ccc(F)c1C(=O)OC(C)(C)C.COc1cc(F)ccc1O[Si](C)(C)C(C)(C)C. The molecule has 2 rings (SSSR count). The Kier molecular flexibility index (Phi) is 11.7. The monoisotopic (exact) mass is 612 g/mol.